The SMILES string of the molecule is CC(NC1CCN(C)C1=O)C1CC2CCC1C2. The minimum atomic E-state index is 0.0918. The Balaban J connectivity index is 1.57. The summed E-state index contributed by atoms with van der Waals surface area (Å²) in [6, 6.07) is 0.611. The lowest BCUT2D eigenvalue weighted by atomic mass is 9.83. The summed E-state index contributed by atoms with van der Waals surface area (Å²) in [5.41, 5.74) is 0. The van der Waals surface area contributed by atoms with E-state index in [0.717, 1.165) is 30.7 Å². The number of likely N-dealkylation sites (tertiary alicyclic amines) is 1. The minimum Gasteiger partial charge on any atom is -0.344 e. The third-order valence-electron chi connectivity index (χ3n) is 5.33. The minimum absolute atomic E-state index is 0.0918. The second-order valence-corrected chi connectivity index (χ2v) is 6.40. The van der Waals surface area contributed by atoms with E-state index in [4.69, 9.17) is 0 Å². The van der Waals surface area contributed by atoms with Crippen molar-refractivity contribution in [1.82, 2.24) is 10.2 Å². The maximum atomic E-state index is 11.9. The van der Waals surface area contributed by atoms with Crippen molar-refractivity contribution in [3.8, 4) is 0 Å². The van der Waals surface area contributed by atoms with Gasteiger partial charge in [0, 0.05) is 19.6 Å². The average Bonchev–Trinajstić information content (AvgIpc) is 3.00. The van der Waals surface area contributed by atoms with E-state index in [2.05, 4.69) is 12.2 Å². The number of amides is 1. The number of nitrogens with one attached hydrogen (secondary N) is 1. The van der Waals surface area contributed by atoms with Gasteiger partial charge < -0.3 is 10.2 Å². The molecule has 1 amide bonds. The van der Waals surface area contributed by atoms with Gasteiger partial charge in [0.15, 0.2) is 0 Å². The molecule has 3 aliphatic rings. The first kappa shape index (κ1) is 11.5. The Morgan fingerprint density at radius 3 is 2.65 bits per heavy atom. The van der Waals surface area contributed by atoms with Gasteiger partial charge in [-0.3, -0.25) is 4.79 Å². The molecule has 96 valence electrons. The predicted octanol–water partition coefficient (Wildman–Crippen LogP) is 1.63. The predicted molar refractivity (Wildman–Crippen MR) is 67.6 cm³/mol. The summed E-state index contributed by atoms with van der Waals surface area (Å²) in [5, 5.41) is 3.59. The normalized spacial score (nSPS) is 42.5. The van der Waals surface area contributed by atoms with E-state index < -0.39 is 0 Å². The Bertz CT molecular complexity index is 317. The van der Waals surface area contributed by atoms with Gasteiger partial charge in [-0.25, -0.2) is 0 Å². The molecule has 5 unspecified atom stereocenters. The van der Waals surface area contributed by atoms with Crippen LogP contribution in [-0.4, -0.2) is 36.5 Å². The molecule has 3 heteroatoms. The molecular weight excluding hydrogens is 212 g/mol. The van der Waals surface area contributed by atoms with E-state index in [1.165, 1.54) is 25.7 Å². The summed E-state index contributed by atoms with van der Waals surface area (Å²) in [6.45, 7) is 3.21. The summed E-state index contributed by atoms with van der Waals surface area (Å²) in [7, 11) is 1.91. The molecule has 1 heterocycles. The van der Waals surface area contributed by atoms with E-state index >= 15 is 0 Å². The molecule has 2 aliphatic carbocycles. The fraction of sp³-hybridized carbons (Fsp3) is 0.929. The number of carbonyl (C=O) groups is 1. The van der Waals surface area contributed by atoms with Crippen molar-refractivity contribution in [1.29, 1.82) is 0 Å². The number of nitrogens with zero attached hydrogens (tertiary/aromatic N) is 1. The van der Waals surface area contributed by atoms with Crippen molar-refractivity contribution in [2.45, 2.75) is 51.1 Å². The highest BCUT2D eigenvalue weighted by molar-refractivity contribution is 5.83. The summed E-state index contributed by atoms with van der Waals surface area (Å²) >= 11 is 0. The van der Waals surface area contributed by atoms with Crippen LogP contribution >= 0.6 is 0 Å². The number of carbonyl (C=O) groups excluding carboxylic acids is 1. The summed E-state index contributed by atoms with van der Waals surface area (Å²) in [4.78, 5) is 13.7. The summed E-state index contributed by atoms with van der Waals surface area (Å²) in [6.07, 6.45) is 6.73. The standard InChI is InChI=1S/C14H24N2O/c1-9(12-8-10-3-4-11(12)7-10)15-13-5-6-16(2)14(13)17/h9-13,15H,3-8H2,1-2H3. The van der Waals surface area contributed by atoms with Crippen molar-refractivity contribution in [2.75, 3.05) is 13.6 Å². The first-order valence-electron chi connectivity index (χ1n) is 7.16. The number of fused-ring (bicyclic) bond motifs is 2. The lowest BCUT2D eigenvalue weighted by Gasteiger charge is -2.30. The lowest BCUT2D eigenvalue weighted by molar-refractivity contribution is -0.128. The molecule has 0 radical (unpaired) electrons. The van der Waals surface area contributed by atoms with E-state index in [1.54, 1.807) is 0 Å². The highest BCUT2D eigenvalue weighted by atomic mass is 16.2. The summed E-state index contributed by atoms with van der Waals surface area (Å²) in [5.74, 6) is 3.06. The molecule has 2 saturated carbocycles. The molecule has 3 fully saturated rings. The van der Waals surface area contributed by atoms with Gasteiger partial charge in [-0.15, -0.1) is 0 Å². The molecule has 0 aromatic carbocycles. The van der Waals surface area contributed by atoms with Crippen LogP contribution in [0, 0.1) is 17.8 Å². The van der Waals surface area contributed by atoms with Crippen LogP contribution in [0.2, 0.25) is 0 Å². The maximum absolute atomic E-state index is 11.9. The van der Waals surface area contributed by atoms with E-state index in [0.29, 0.717) is 11.9 Å². The molecule has 1 aliphatic heterocycles. The topological polar surface area (TPSA) is 32.3 Å². The highest BCUT2D eigenvalue weighted by Gasteiger charge is 2.43. The van der Waals surface area contributed by atoms with Crippen LogP contribution in [0.15, 0.2) is 0 Å². The molecular formula is C14H24N2O. The molecule has 3 rings (SSSR count). The van der Waals surface area contributed by atoms with Gasteiger partial charge in [0.1, 0.15) is 0 Å². The van der Waals surface area contributed by atoms with Crippen LogP contribution in [0.5, 0.6) is 0 Å². The second-order valence-electron chi connectivity index (χ2n) is 6.40. The third kappa shape index (κ3) is 1.99. The molecule has 3 nitrogen and oxygen atoms in total. The van der Waals surface area contributed by atoms with Gasteiger partial charge in [0.25, 0.3) is 0 Å². The van der Waals surface area contributed by atoms with Crippen molar-refractivity contribution in [3.05, 3.63) is 0 Å². The first-order valence-corrected chi connectivity index (χ1v) is 7.16. The molecule has 5 atom stereocenters. The van der Waals surface area contributed by atoms with Crippen LogP contribution in [0.3, 0.4) is 0 Å². The zero-order valence-corrected chi connectivity index (χ0v) is 11.0. The van der Waals surface area contributed by atoms with Crippen LogP contribution in [-0.2, 0) is 4.79 Å². The quantitative estimate of drug-likeness (QED) is 0.808. The van der Waals surface area contributed by atoms with Gasteiger partial charge in [-0.05, 0) is 50.4 Å². The van der Waals surface area contributed by atoms with Crippen LogP contribution < -0.4 is 5.32 Å². The maximum Gasteiger partial charge on any atom is 0.239 e. The monoisotopic (exact) mass is 236 g/mol. The van der Waals surface area contributed by atoms with Crippen molar-refractivity contribution >= 4 is 5.91 Å². The molecule has 1 saturated heterocycles. The number of likely N-dealkylation sites (N-methyl/N-ethyl adjacent to an activating group) is 1. The lowest BCUT2D eigenvalue weighted by Crippen LogP contribution is -2.46. The summed E-state index contributed by atoms with van der Waals surface area (Å²) < 4.78 is 0. The number of hydrogen-bond donors (Lipinski definition) is 1. The van der Waals surface area contributed by atoms with E-state index in [9.17, 15) is 4.79 Å². The van der Waals surface area contributed by atoms with Gasteiger partial charge in [-0.1, -0.05) is 6.42 Å². The molecule has 0 spiro atoms. The third-order valence-corrected chi connectivity index (χ3v) is 5.33. The Hall–Kier alpha value is -0.570. The van der Waals surface area contributed by atoms with Crippen LogP contribution in [0.1, 0.15) is 39.0 Å². The Kier molecular flexibility index (Phi) is 2.89. The van der Waals surface area contributed by atoms with Gasteiger partial charge >= 0.3 is 0 Å². The molecule has 1 N–H and O–H groups in total. The molecule has 0 aromatic rings. The largest absolute Gasteiger partial charge is 0.344 e. The van der Waals surface area contributed by atoms with E-state index in [1.807, 2.05) is 11.9 Å². The average molecular weight is 236 g/mol. The van der Waals surface area contributed by atoms with Gasteiger partial charge in [0.05, 0.1) is 6.04 Å². The molecule has 0 aromatic heterocycles. The van der Waals surface area contributed by atoms with Crippen molar-refractivity contribution in [2.24, 2.45) is 17.8 Å². The van der Waals surface area contributed by atoms with Gasteiger partial charge in [0.2, 0.25) is 5.91 Å². The van der Waals surface area contributed by atoms with Crippen LogP contribution in [0.4, 0.5) is 0 Å². The first-order chi connectivity index (χ1) is 8.15. The van der Waals surface area contributed by atoms with E-state index in [-0.39, 0.29) is 6.04 Å². The Morgan fingerprint density at radius 2 is 2.12 bits per heavy atom. The second kappa shape index (κ2) is 4.27. The zero-order valence-electron chi connectivity index (χ0n) is 11.0. The smallest absolute Gasteiger partial charge is 0.239 e. The number of hydrogen-bond acceptors (Lipinski definition) is 2. The molecule has 17 heavy (non-hydrogen) atoms. The molecule has 2 bridgehead atoms. The number of rotatable bonds is 3. The Morgan fingerprint density at radius 1 is 1.29 bits per heavy atom. The van der Waals surface area contributed by atoms with Crippen LogP contribution in [0.25, 0.3) is 0 Å². The Labute approximate surface area is 104 Å². The van der Waals surface area contributed by atoms with Gasteiger partial charge in [-0.2, -0.15) is 0 Å². The highest BCUT2D eigenvalue weighted by Crippen LogP contribution is 2.49. The fourth-order valence-electron chi connectivity index (χ4n) is 4.32. The zero-order chi connectivity index (χ0) is 12.0. The van der Waals surface area contributed by atoms with Crippen molar-refractivity contribution < 1.29 is 4.79 Å². The fourth-order valence-corrected chi connectivity index (χ4v) is 4.32. The van der Waals surface area contributed by atoms with Crippen molar-refractivity contribution in [3.63, 3.8) is 0 Å².